The van der Waals surface area contributed by atoms with E-state index in [1.54, 1.807) is 0 Å². The average molecular weight is 167 g/mol. The molecule has 0 aromatic heterocycles. The molecule has 0 aliphatic rings. The first-order chi connectivity index (χ1) is 3.68. The van der Waals surface area contributed by atoms with Crippen molar-refractivity contribution in [1.29, 1.82) is 0 Å². The Morgan fingerprint density at radius 1 is 1.62 bits per heavy atom. The molecule has 3 heteroatoms. The first-order valence-electron chi connectivity index (χ1n) is 3.32. The molecule has 0 rings (SSSR count). The first kappa shape index (κ1) is 8.72. The Balaban J connectivity index is 3.17. The van der Waals surface area contributed by atoms with Crippen molar-refractivity contribution in [2.24, 2.45) is 0 Å². The Labute approximate surface area is 61.1 Å². The minimum absolute atomic E-state index is 0.227. The van der Waals surface area contributed by atoms with Crippen molar-refractivity contribution in [1.82, 2.24) is 0 Å². The van der Waals surface area contributed by atoms with Crippen molar-refractivity contribution >= 4 is 29.9 Å². The third-order valence-corrected chi connectivity index (χ3v) is 7.03. The van der Waals surface area contributed by atoms with Crippen LogP contribution in [0.1, 0.15) is 0 Å². The summed E-state index contributed by atoms with van der Waals surface area (Å²) < 4.78 is 0. The molecule has 0 saturated heterocycles. The maximum Gasteiger partial charge on any atom is 0.0515 e. The lowest BCUT2D eigenvalue weighted by Crippen LogP contribution is -2.18. The summed E-state index contributed by atoms with van der Waals surface area (Å²) in [5.41, 5.74) is 0. The van der Waals surface area contributed by atoms with E-state index in [1.165, 1.54) is 6.04 Å². The van der Waals surface area contributed by atoms with Gasteiger partial charge in [0.1, 0.15) is 0 Å². The van der Waals surface area contributed by atoms with Gasteiger partial charge in [-0.2, -0.15) is 0 Å². The molecule has 0 aromatic rings. The molecule has 0 radical (unpaired) electrons. The topological polar surface area (TPSA) is 0 Å². The van der Waals surface area contributed by atoms with Gasteiger partial charge in [-0.25, -0.2) is 0 Å². The molecular weight excluding hydrogens is 152 g/mol. The van der Waals surface area contributed by atoms with Crippen LogP contribution in [0.2, 0.25) is 25.7 Å². The molecule has 1 unspecified atom stereocenters. The molecule has 0 amide bonds. The molecule has 1 atom stereocenters. The summed E-state index contributed by atoms with van der Waals surface area (Å²) in [6.45, 7) is 6.97. The Morgan fingerprint density at radius 3 is 2.25 bits per heavy atom. The van der Waals surface area contributed by atoms with E-state index >= 15 is 0 Å². The Hall–Kier alpha value is 0.724. The zero-order valence-corrected chi connectivity index (χ0v) is 9.27. The van der Waals surface area contributed by atoms with Gasteiger partial charge >= 0.3 is 0 Å². The van der Waals surface area contributed by atoms with E-state index in [9.17, 15) is 0 Å². The molecule has 0 bridgehead atoms. The fraction of sp³-hybridized carbons (Fsp3) is 1.00. The molecular formula is C5H15ClSi2. The van der Waals surface area contributed by atoms with Crippen LogP contribution in [0.15, 0.2) is 0 Å². The van der Waals surface area contributed by atoms with Gasteiger partial charge in [-0.3, -0.25) is 0 Å². The highest BCUT2D eigenvalue weighted by Crippen LogP contribution is 2.05. The summed E-state index contributed by atoms with van der Waals surface area (Å²) in [6.07, 6.45) is 0. The quantitative estimate of drug-likeness (QED) is 0.438. The molecule has 0 nitrogen and oxygen atoms in total. The van der Waals surface area contributed by atoms with Crippen LogP contribution < -0.4 is 0 Å². The van der Waals surface area contributed by atoms with Gasteiger partial charge < -0.3 is 0 Å². The summed E-state index contributed by atoms with van der Waals surface area (Å²) in [7, 11) is -0.256. The van der Waals surface area contributed by atoms with E-state index in [0.29, 0.717) is 5.00 Å². The number of hydrogen-bond donors (Lipinski definition) is 0. The van der Waals surface area contributed by atoms with E-state index in [0.717, 1.165) is 0 Å². The van der Waals surface area contributed by atoms with Crippen LogP contribution in [0.3, 0.4) is 0 Å². The highest BCUT2D eigenvalue weighted by Gasteiger charge is 2.07. The van der Waals surface area contributed by atoms with Crippen LogP contribution >= 0.6 is 11.6 Å². The van der Waals surface area contributed by atoms with Crippen LogP contribution in [-0.2, 0) is 0 Å². The highest BCUT2D eigenvalue weighted by molar-refractivity contribution is 6.68. The van der Waals surface area contributed by atoms with Gasteiger partial charge in [0.2, 0.25) is 0 Å². The Kier molecular flexibility index (Phi) is 5.00. The predicted molar refractivity (Wildman–Crippen MR) is 47.7 cm³/mol. The number of alkyl halides is 1. The largest absolute Gasteiger partial charge is 0.127 e. The Bertz CT molecular complexity index is 56.4. The zero-order chi connectivity index (χ0) is 6.57. The van der Waals surface area contributed by atoms with Crippen LogP contribution in [0, 0.1) is 0 Å². The van der Waals surface area contributed by atoms with E-state index in [-0.39, 0.29) is 9.52 Å². The van der Waals surface area contributed by atoms with Crippen LogP contribution in [0.25, 0.3) is 0 Å². The summed E-state index contributed by atoms with van der Waals surface area (Å²) >= 11 is 6.01. The molecule has 0 aliphatic heterocycles. The van der Waals surface area contributed by atoms with Crippen LogP contribution in [0.4, 0.5) is 0 Å². The zero-order valence-electron chi connectivity index (χ0n) is 5.95. The molecule has 0 aliphatic carbocycles. The fourth-order valence-corrected chi connectivity index (χ4v) is 5.48. The van der Waals surface area contributed by atoms with Crippen LogP contribution in [0.5, 0.6) is 0 Å². The van der Waals surface area contributed by atoms with Crippen molar-refractivity contribution in [2.75, 3.05) is 0 Å². The number of rotatable bonds is 3. The second-order valence-corrected chi connectivity index (χ2v) is 8.40. The summed E-state index contributed by atoms with van der Waals surface area (Å²) in [6, 6.07) is 1.35. The van der Waals surface area contributed by atoms with Gasteiger partial charge in [-0.1, -0.05) is 19.6 Å². The predicted octanol–water partition coefficient (Wildman–Crippen LogP) is 1.25. The average Bonchev–Trinajstić information content (AvgIpc) is 1.67. The highest BCUT2D eigenvalue weighted by atomic mass is 35.5. The maximum atomic E-state index is 6.01. The number of halogens is 1. The maximum absolute atomic E-state index is 6.01. The minimum atomic E-state index is -0.482. The smallest absolute Gasteiger partial charge is 0.0515 e. The van der Waals surface area contributed by atoms with Crippen molar-refractivity contribution in [3.8, 4) is 0 Å². The second-order valence-electron chi connectivity index (χ2n) is 2.55. The lowest BCUT2D eigenvalue weighted by atomic mass is 10.9. The standard InChI is InChI=1S/C5H15ClSi2/c1-7-4-5(6)8(2)3/h5,8H,4,7H2,1-3H3. The second kappa shape index (κ2) is 4.59. The van der Waals surface area contributed by atoms with Gasteiger partial charge in [0.25, 0.3) is 0 Å². The van der Waals surface area contributed by atoms with E-state index in [2.05, 4.69) is 19.6 Å². The molecule has 0 heterocycles. The van der Waals surface area contributed by atoms with Crippen molar-refractivity contribution < 1.29 is 0 Å². The molecule has 8 heavy (non-hydrogen) atoms. The van der Waals surface area contributed by atoms with E-state index in [4.69, 9.17) is 11.6 Å². The fourth-order valence-electron chi connectivity index (χ4n) is 0.609. The van der Waals surface area contributed by atoms with Gasteiger partial charge in [0.15, 0.2) is 0 Å². The van der Waals surface area contributed by atoms with E-state index in [1.807, 2.05) is 0 Å². The third kappa shape index (κ3) is 3.69. The summed E-state index contributed by atoms with van der Waals surface area (Å²) in [4.78, 5) is 0. The molecule has 0 fully saturated rings. The molecule has 0 aromatic carbocycles. The van der Waals surface area contributed by atoms with Gasteiger partial charge in [0, 0.05) is 14.5 Å². The third-order valence-electron chi connectivity index (χ3n) is 1.29. The lowest BCUT2D eigenvalue weighted by molar-refractivity contribution is 1.30. The SMILES string of the molecule is C[SiH2]CC(Cl)[SiH](C)C. The monoisotopic (exact) mass is 166 g/mol. The summed E-state index contributed by atoms with van der Waals surface area (Å²) in [5, 5.41) is 0.590. The molecule has 0 spiro atoms. The molecule has 0 N–H and O–H groups in total. The first-order valence-corrected chi connectivity index (χ1v) is 9.15. The van der Waals surface area contributed by atoms with Gasteiger partial charge in [0.05, 0.1) is 8.80 Å². The van der Waals surface area contributed by atoms with Crippen molar-refractivity contribution in [2.45, 2.75) is 30.7 Å². The minimum Gasteiger partial charge on any atom is -0.127 e. The van der Waals surface area contributed by atoms with E-state index < -0.39 is 8.80 Å². The van der Waals surface area contributed by atoms with Crippen LogP contribution in [-0.4, -0.2) is 23.3 Å². The lowest BCUT2D eigenvalue weighted by Gasteiger charge is -2.08. The van der Waals surface area contributed by atoms with Crippen molar-refractivity contribution in [3.63, 3.8) is 0 Å². The number of hydrogen-bond acceptors (Lipinski definition) is 0. The molecule has 50 valence electrons. The van der Waals surface area contributed by atoms with Gasteiger partial charge in [-0.05, 0) is 6.04 Å². The normalized spacial score (nSPS) is 16.1. The molecule has 0 saturated carbocycles. The summed E-state index contributed by atoms with van der Waals surface area (Å²) in [5.74, 6) is 0. The Morgan fingerprint density at radius 2 is 2.12 bits per heavy atom. The van der Waals surface area contributed by atoms with Gasteiger partial charge in [-0.15, -0.1) is 11.6 Å². The van der Waals surface area contributed by atoms with Crippen molar-refractivity contribution in [3.05, 3.63) is 0 Å².